The predicted molar refractivity (Wildman–Crippen MR) is 103 cm³/mol. The van der Waals surface area contributed by atoms with Gasteiger partial charge in [-0.2, -0.15) is 5.26 Å². The predicted octanol–water partition coefficient (Wildman–Crippen LogP) is 5.27. The van der Waals surface area contributed by atoms with Crippen LogP contribution in [0.3, 0.4) is 0 Å². The van der Waals surface area contributed by atoms with Crippen LogP contribution in [-0.2, 0) is 11.3 Å². The topological polar surface area (TPSA) is 55.0 Å². The van der Waals surface area contributed by atoms with Gasteiger partial charge in [-0.3, -0.25) is 0 Å². The molecule has 0 atom stereocenters. The molecule has 2 aromatic carbocycles. The van der Waals surface area contributed by atoms with Gasteiger partial charge in [-0.05, 0) is 49.2 Å². The molecule has 26 heavy (non-hydrogen) atoms. The lowest BCUT2D eigenvalue weighted by molar-refractivity contribution is 0.0601. The first-order chi connectivity index (χ1) is 12.4. The molecule has 0 bridgehead atoms. The summed E-state index contributed by atoms with van der Waals surface area (Å²) in [5, 5.41) is 11.0. The number of aryl methyl sites for hydroxylation is 2. The number of aromatic nitrogens is 1. The zero-order valence-electron chi connectivity index (χ0n) is 14.6. The molecule has 0 amide bonds. The number of methoxy groups -OCH3 is 1. The number of hydrogen-bond donors (Lipinski definition) is 0. The van der Waals surface area contributed by atoms with Crippen molar-refractivity contribution >= 4 is 40.1 Å². The second kappa shape index (κ2) is 7.03. The van der Waals surface area contributed by atoms with Gasteiger partial charge in [-0.15, -0.1) is 0 Å². The second-order valence-corrected chi connectivity index (χ2v) is 6.91. The summed E-state index contributed by atoms with van der Waals surface area (Å²) in [5.41, 5.74) is 4.61. The number of ether oxygens (including phenoxy) is 1. The first kappa shape index (κ1) is 18.3. The van der Waals surface area contributed by atoms with E-state index >= 15 is 0 Å². The molecule has 0 spiro atoms. The number of nitrogens with zero attached hydrogens (tertiary/aromatic N) is 2. The minimum absolute atomic E-state index is 0.283. The fraction of sp³-hybridized carbons (Fsp3) is 0.200. The molecule has 0 saturated carbocycles. The third-order valence-electron chi connectivity index (χ3n) is 4.41. The number of hydrogen-bond acceptors (Lipinski definition) is 3. The number of halogens is 2. The van der Waals surface area contributed by atoms with Crippen LogP contribution in [0, 0.1) is 25.2 Å². The van der Waals surface area contributed by atoms with Gasteiger partial charge in [0.1, 0.15) is 0 Å². The normalized spacial score (nSPS) is 10.8. The summed E-state index contributed by atoms with van der Waals surface area (Å²) in [4.78, 5) is 11.9. The number of carbonyl (C=O) groups is 1. The highest BCUT2D eigenvalue weighted by atomic mass is 35.5. The molecule has 0 saturated heterocycles. The minimum Gasteiger partial charge on any atom is -0.465 e. The molecule has 6 heteroatoms. The third kappa shape index (κ3) is 3.05. The molecular weight excluding hydrogens is 371 g/mol. The molecule has 1 heterocycles. The Morgan fingerprint density at radius 2 is 1.96 bits per heavy atom. The van der Waals surface area contributed by atoms with Crippen molar-refractivity contribution in [1.82, 2.24) is 4.57 Å². The second-order valence-electron chi connectivity index (χ2n) is 6.12. The highest BCUT2D eigenvalue weighted by molar-refractivity contribution is 6.38. The maximum atomic E-state index is 11.9. The van der Waals surface area contributed by atoms with Gasteiger partial charge in [0.15, 0.2) is 0 Å². The zero-order valence-corrected chi connectivity index (χ0v) is 16.1. The summed E-state index contributed by atoms with van der Waals surface area (Å²) < 4.78 is 6.81. The van der Waals surface area contributed by atoms with Crippen molar-refractivity contribution in [1.29, 1.82) is 5.26 Å². The van der Waals surface area contributed by atoms with Crippen molar-refractivity contribution in [2.75, 3.05) is 7.11 Å². The molecule has 4 nitrogen and oxygen atoms in total. The Balaban J connectivity index is 2.16. The van der Waals surface area contributed by atoms with Crippen LogP contribution in [0.25, 0.3) is 10.9 Å². The van der Waals surface area contributed by atoms with Crippen LogP contribution in [0.15, 0.2) is 30.5 Å². The van der Waals surface area contributed by atoms with Gasteiger partial charge in [0.2, 0.25) is 0 Å². The van der Waals surface area contributed by atoms with Gasteiger partial charge >= 0.3 is 5.97 Å². The standard InChI is InChI=1S/C20H16Cl2N2O2/c1-11-6-13(8-23)7-15-12(2)9-24(19(11)15)10-16-17(21)5-4-14(18(16)22)20(25)26-3/h4-7,9H,10H2,1-3H3. The smallest absolute Gasteiger partial charge is 0.339 e. The third-order valence-corrected chi connectivity index (χ3v) is 5.20. The molecule has 0 radical (unpaired) electrons. The zero-order chi connectivity index (χ0) is 19.0. The summed E-state index contributed by atoms with van der Waals surface area (Å²) in [6.07, 6.45) is 2.00. The molecule has 0 N–H and O–H groups in total. The minimum atomic E-state index is -0.503. The van der Waals surface area contributed by atoms with Gasteiger partial charge < -0.3 is 9.30 Å². The fourth-order valence-electron chi connectivity index (χ4n) is 3.20. The maximum absolute atomic E-state index is 11.9. The lowest BCUT2D eigenvalue weighted by atomic mass is 10.1. The Morgan fingerprint density at radius 3 is 2.62 bits per heavy atom. The lowest BCUT2D eigenvalue weighted by Crippen LogP contribution is -2.07. The number of nitriles is 1. The molecule has 132 valence electrons. The first-order valence-corrected chi connectivity index (χ1v) is 8.68. The van der Waals surface area contributed by atoms with Crippen molar-refractivity contribution in [2.24, 2.45) is 0 Å². The van der Waals surface area contributed by atoms with Crippen LogP contribution in [0.4, 0.5) is 0 Å². The number of fused-ring (bicyclic) bond motifs is 1. The molecule has 0 aliphatic rings. The molecule has 0 aliphatic heterocycles. The van der Waals surface area contributed by atoms with E-state index in [2.05, 4.69) is 6.07 Å². The summed E-state index contributed by atoms with van der Waals surface area (Å²) in [7, 11) is 1.31. The van der Waals surface area contributed by atoms with Crippen molar-refractivity contribution in [3.63, 3.8) is 0 Å². The Morgan fingerprint density at radius 1 is 1.23 bits per heavy atom. The van der Waals surface area contributed by atoms with E-state index in [9.17, 15) is 10.1 Å². The fourth-order valence-corrected chi connectivity index (χ4v) is 3.77. The van der Waals surface area contributed by atoms with Crippen LogP contribution in [0.1, 0.15) is 32.6 Å². The molecule has 3 aromatic rings. The van der Waals surface area contributed by atoms with Crippen molar-refractivity contribution in [3.05, 3.63) is 68.3 Å². The molecule has 1 aromatic heterocycles. The van der Waals surface area contributed by atoms with E-state index in [0.29, 0.717) is 22.7 Å². The van der Waals surface area contributed by atoms with Crippen molar-refractivity contribution < 1.29 is 9.53 Å². The highest BCUT2D eigenvalue weighted by Gasteiger charge is 2.18. The van der Waals surface area contributed by atoms with Crippen LogP contribution in [0.5, 0.6) is 0 Å². The van der Waals surface area contributed by atoms with Gasteiger partial charge in [-0.25, -0.2) is 4.79 Å². The van der Waals surface area contributed by atoms with Gasteiger partial charge in [0, 0.05) is 22.2 Å². The average molecular weight is 387 g/mol. The largest absolute Gasteiger partial charge is 0.465 e. The van der Waals surface area contributed by atoms with E-state index in [0.717, 1.165) is 22.0 Å². The van der Waals surface area contributed by atoms with E-state index in [4.69, 9.17) is 27.9 Å². The Hall–Kier alpha value is -2.48. The van der Waals surface area contributed by atoms with Gasteiger partial charge in [0.25, 0.3) is 0 Å². The number of benzene rings is 2. The van der Waals surface area contributed by atoms with E-state index in [1.54, 1.807) is 12.1 Å². The number of rotatable bonds is 3. The van der Waals surface area contributed by atoms with Crippen molar-refractivity contribution in [2.45, 2.75) is 20.4 Å². The molecule has 0 fully saturated rings. The average Bonchev–Trinajstić information content (AvgIpc) is 2.94. The van der Waals surface area contributed by atoms with E-state index in [1.807, 2.05) is 36.7 Å². The van der Waals surface area contributed by atoms with Crippen molar-refractivity contribution in [3.8, 4) is 6.07 Å². The monoisotopic (exact) mass is 386 g/mol. The Labute approximate surface area is 161 Å². The van der Waals surface area contributed by atoms with E-state index in [1.165, 1.54) is 7.11 Å². The summed E-state index contributed by atoms with van der Waals surface area (Å²) in [6.45, 7) is 4.36. The molecule has 0 aliphatic carbocycles. The van der Waals surface area contributed by atoms with Crippen LogP contribution in [-0.4, -0.2) is 17.6 Å². The van der Waals surface area contributed by atoms with Crippen LogP contribution >= 0.6 is 23.2 Å². The summed E-state index contributed by atoms with van der Waals surface area (Å²) >= 11 is 12.8. The Bertz CT molecular complexity index is 1080. The number of esters is 1. The molecular formula is C20H16Cl2N2O2. The molecule has 3 rings (SSSR count). The first-order valence-electron chi connectivity index (χ1n) is 7.92. The summed E-state index contributed by atoms with van der Waals surface area (Å²) in [5.74, 6) is -0.503. The lowest BCUT2D eigenvalue weighted by Gasteiger charge is -2.13. The quantitative estimate of drug-likeness (QED) is 0.575. The number of carbonyl (C=O) groups excluding carboxylic acids is 1. The molecule has 0 unspecified atom stereocenters. The van der Waals surface area contributed by atoms with Gasteiger partial charge in [-0.1, -0.05) is 23.2 Å². The van der Waals surface area contributed by atoms with Crippen LogP contribution in [0.2, 0.25) is 10.0 Å². The van der Waals surface area contributed by atoms with Gasteiger partial charge in [0.05, 0.1) is 41.4 Å². The highest BCUT2D eigenvalue weighted by Crippen LogP contribution is 2.32. The Kier molecular flexibility index (Phi) is 4.95. The van der Waals surface area contributed by atoms with E-state index in [-0.39, 0.29) is 10.6 Å². The van der Waals surface area contributed by atoms with Crippen LogP contribution < -0.4 is 0 Å². The SMILES string of the molecule is COC(=O)c1ccc(Cl)c(Cn2cc(C)c3cc(C#N)cc(C)c32)c1Cl. The summed E-state index contributed by atoms with van der Waals surface area (Å²) in [6, 6.07) is 9.12. The van der Waals surface area contributed by atoms with E-state index < -0.39 is 5.97 Å². The maximum Gasteiger partial charge on any atom is 0.339 e.